The van der Waals surface area contributed by atoms with Crippen LogP contribution < -0.4 is 0 Å². The van der Waals surface area contributed by atoms with Crippen LogP contribution in [0, 0.1) is 16.2 Å². The van der Waals surface area contributed by atoms with Gasteiger partial charge < -0.3 is 0 Å². The Hall–Kier alpha value is -0.680. The summed E-state index contributed by atoms with van der Waals surface area (Å²) in [5.41, 5.74) is -5.96. The number of rotatable bonds is 3. The lowest BCUT2D eigenvalue weighted by Crippen LogP contribution is -2.57. The molecule has 0 saturated heterocycles. The van der Waals surface area contributed by atoms with Gasteiger partial charge in [-0.25, -0.2) is 0 Å². The van der Waals surface area contributed by atoms with Crippen molar-refractivity contribution in [2.45, 2.75) is 66.7 Å². The molecule has 0 aromatic carbocycles. The van der Waals surface area contributed by atoms with E-state index < -0.39 is 29.6 Å². The Labute approximate surface area is 122 Å². The third kappa shape index (κ3) is 4.65. The molecule has 0 aliphatic heterocycles. The molecular formula is C15H24F6. The second-order valence-corrected chi connectivity index (χ2v) is 7.46. The number of halogens is 6. The molecule has 0 spiro atoms. The van der Waals surface area contributed by atoms with E-state index in [1.807, 2.05) is 20.8 Å². The molecule has 21 heavy (non-hydrogen) atoms. The van der Waals surface area contributed by atoms with Crippen molar-refractivity contribution < 1.29 is 26.3 Å². The summed E-state index contributed by atoms with van der Waals surface area (Å²) in [7, 11) is 0. The Kier molecular flexibility index (Phi) is 5.65. The van der Waals surface area contributed by atoms with E-state index in [4.69, 9.17) is 0 Å². The largest absolute Gasteiger partial charge is 0.403 e. The molecule has 0 aliphatic rings. The molecule has 126 valence electrons. The molecule has 0 amide bonds. The average molecular weight is 318 g/mol. The third-order valence-corrected chi connectivity index (χ3v) is 3.55. The van der Waals surface area contributed by atoms with Crippen LogP contribution in [0.25, 0.3) is 0 Å². The van der Waals surface area contributed by atoms with Crippen molar-refractivity contribution in [1.29, 1.82) is 0 Å². The normalized spacial score (nSPS) is 15.8. The molecule has 0 N–H and O–H groups in total. The zero-order chi connectivity index (χ0) is 17.3. The van der Waals surface area contributed by atoms with Gasteiger partial charge in [0.1, 0.15) is 0 Å². The number of allylic oxidation sites excluding steroid dienone is 2. The minimum Gasteiger partial charge on any atom is -0.170 e. The lowest BCUT2D eigenvalue weighted by Gasteiger charge is -2.46. The minimum atomic E-state index is -5.35. The first-order chi connectivity index (χ1) is 8.96. The second kappa shape index (κ2) is 5.84. The quantitative estimate of drug-likeness (QED) is 0.410. The van der Waals surface area contributed by atoms with Crippen molar-refractivity contribution in [1.82, 2.24) is 0 Å². The Morgan fingerprint density at radius 3 is 1.33 bits per heavy atom. The standard InChI is InChI=1S/C15H24F6/c1-11(2,3)9-7-8-10-13(12(4,5)6,14(16,17)18)15(19,20)21/h7,9H,8,10H2,1-6H3/b9-7+. The van der Waals surface area contributed by atoms with Crippen LogP contribution in [0.15, 0.2) is 12.2 Å². The molecule has 0 fully saturated rings. The predicted molar refractivity (Wildman–Crippen MR) is 71.8 cm³/mol. The van der Waals surface area contributed by atoms with Gasteiger partial charge in [0, 0.05) is 0 Å². The summed E-state index contributed by atoms with van der Waals surface area (Å²) >= 11 is 0. The predicted octanol–water partition coefficient (Wildman–Crippen LogP) is 6.53. The van der Waals surface area contributed by atoms with Crippen LogP contribution in [-0.2, 0) is 0 Å². The maximum Gasteiger partial charge on any atom is 0.403 e. The summed E-state index contributed by atoms with van der Waals surface area (Å²) in [6.45, 7) is 8.44. The molecule has 0 aliphatic carbocycles. The SMILES string of the molecule is CC(C)(C)/C=C/CCC(C(C)(C)C)(C(F)(F)F)C(F)(F)F. The minimum absolute atomic E-state index is 0.270. The summed E-state index contributed by atoms with van der Waals surface area (Å²) in [6.07, 6.45) is -8.94. The molecule has 0 rings (SSSR count). The highest BCUT2D eigenvalue weighted by Crippen LogP contribution is 2.62. The highest BCUT2D eigenvalue weighted by molar-refractivity contribution is 5.03. The van der Waals surface area contributed by atoms with E-state index in [9.17, 15) is 26.3 Å². The monoisotopic (exact) mass is 318 g/mol. The fraction of sp³-hybridized carbons (Fsp3) is 0.867. The van der Waals surface area contributed by atoms with Gasteiger partial charge in [0.05, 0.1) is 0 Å². The maximum atomic E-state index is 13.3. The van der Waals surface area contributed by atoms with Crippen LogP contribution in [-0.4, -0.2) is 12.4 Å². The first-order valence-electron chi connectivity index (χ1n) is 6.77. The van der Waals surface area contributed by atoms with Gasteiger partial charge in [0.2, 0.25) is 0 Å². The highest BCUT2D eigenvalue weighted by Gasteiger charge is 2.74. The van der Waals surface area contributed by atoms with Crippen LogP contribution in [0.3, 0.4) is 0 Å². The van der Waals surface area contributed by atoms with E-state index in [1.54, 1.807) is 6.08 Å². The molecule has 0 radical (unpaired) electrons. The van der Waals surface area contributed by atoms with E-state index in [-0.39, 0.29) is 11.8 Å². The van der Waals surface area contributed by atoms with Gasteiger partial charge in [-0.1, -0.05) is 53.7 Å². The second-order valence-electron chi connectivity index (χ2n) is 7.46. The van der Waals surface area contributed by atoms with Gasteiger partial charge in [-0.2, -0.15) is 26.3 Å². The molecule has 0 nitrogen and oxygen atoms in total. The molecular weight excluding hydrogens is 294 g/mol. The first kappa shape index (κ1) is 20.3. The van der Waals surface area contributed by atoms with Gasteiger partial charge in [0.15, 0.2) is 5.41 Å². The van der Waals surface area contributed by atoms with Crippen molar-refractivity contribution in [2.75, 3.05) is 0 Å². The van der Waals surface area contributed by atoms with E-state index in [1.165, 1.54) is 6.08 Å². The summed E-state index contributed by atoms with van der Waals surface area (Å²) in [6, 6.07) is 0. The average Bonchev–Trinajstić information content (AvgIpc) is 2.08. The molecule has 0 unspecified atom stereocenters. The lowest BCUT2D eigenvalue weighted by atomic mass is 9.62. The third-order valence-electron chi connectivity index (χ3n) is 3.55. The van der Waals surface area contributed by atoms with Crippen LogP contribution in [0.1, 0.15) is 54.4 Å². The molecule has 0 aromatic rings. The Morgan fingerprint density at radius 2 is 1.10 bits per heavy atom. The van der Waals surface area contributed by atoms with Crippen molar-refractivity contribution >= 4 is 0 Å². The number of hydrogen-bond donors (Lipinski definition) is 0. The summed E-state index contributed by atoms with van der Waals surface area (Å²) in [5, 5.41) is 0. The Bertz CT molecular complexity index is 324. The van der Waals surface area contributed by atoms with Crippen LogP contribution in [0.4, 0.5) is 26.3 Å². The smallest absolute Gasteiger partial charge is 0.170 e. The Morgan fingerprint density at radius 1 is 0.714 bits per heavy atom. The lowest BCUT2D eigenvalue weighted by molar-refractivity contribution is -0.373. The zero-order valence-corrected chi connectivity index (χ0v) is 13.3. The van der Waals surface area contributed by atoms with Gasteiger partial charge in [-0.15, -0.1) is 0 Å². The van der Waals surface area contributed by atoms with Crippen molar-refractivity contribution in [3.63, 3.8) is 0 Å². The Balaban J connectivity index is 5.60. The van der Waals surface area contributed by atoms with Crippen molar-refractivity contribution in [3.05, 3.63) is 12.2 Å². The van der Waals surface area contributed by atoms with E-state index in [0.717, 1.165) is 20.8 Å². The summed E-state index contributed by atoms with van der Waals surface area (Å²) in [4.78, 5) is 0. The van der Waals surface area contributed by atoms with E-state index in [0.29, 0.717) is 0 Å². The summed E-state index contributed by atoms with van der Waals surface area (Å²) in [5.74, 6) is 0. The van der Waals surface area contributed by atoms with E-state index in [2.05, 4.69) is 0 Å². The molecule has 0 saturated carbocycles. The molecule has 6 heteroatoms. The molecule has 0 aromatic heterocycles. The van der Waals surface area contributed by atoms with Crippen molar-refractivity contribution in [3.8, 4) is 0 Å². The van der Waals surface area contributed by atoms with Crippen LogP contribution >= 0.6 is 0 Å². The molecule has 0 bridgehead atoms. The van der Waals surface area contributed by atoms with Gasteiger partial charge in [-0.05, 0) is 23.7 Å². The zero-order valence-electron chi connectivity index (χ0n) is 13.3. The van der Waals surface area contributed by atoms with Crippen LogP contribution in [0.2, 0.25) is 0 Å². The molecule has 0 atom stereocenters. The first-order valence-corrected chi connectivity index (χ1v) is 6.77. The fourth-order valence-electron chi connectivity index (χ4n) is 2.41. The fourth-order valence-corrected chi connectivity index (χ4v) is 2.41. The topological polar surface area (TPSA) is 0 Å². The van der Waals surface area contributed by atoms with Gasteiger partial charge >= 0.3 is 12.4 Å². The maximum absolute atomic E-state index is 13.3. The van der Waals surface area contributed by atoms with Crippen LogP contribution in [0.5, 0.6) is 0 Å². The molecule has 0 heterocycles. The number of alkyl halides is 6. The van der Waals surface area contributed by atoms with E-state index >= 15 is 0 Å². The van der Waals surface area contributed by atoms with Crippen molar-refractivity contribution in [2.24, 2.45) is 16.2 Å². The van der Waals surface area contributed by atoms with Gasteiger partial charge in [-0.3, -0.25) is 0 Å². The highest BCUT2D eigenvalue weighted by atomic mass is 19.4. The summed E-state index contributed by atoms with van der Waals surface area (Å²) < 4.78 is 79.7. The number of hydrogen-bond acceptors (Lipinski definition) is 0. The van der Waals surface area contributed by atoms with Gasteiger partial charge in [0.25, 0.3) is 0 Å².